The summed E-state index contributed by atoms with van der Waals surface area (Å²) < 4.78 is 0. The molecule has 4 nitrogen and oxygen atoms in total. The van der Waals surface area contributed by atoms with Crippen molar-refractivity contribution in [3.8, 4) is 0 Å². The first-order valence-electron chi connectivity index (χ1n) is 6.62. The van der Waals surface area contributed by atoms with Gasteiger partial charge in [0.25, 0.3) is 5.91 Å². The predicted molar refractivity (Wildman–Crippen MR) is 81.9 cm³/mol. The highest BCUT2D eigenvalue weighted by Crippen LogP contribution is 2.28. The van der Waals surface area contributed by atoms with Gasteiger partial charge in [-0.2, -0.15) is 0 Å². The Labute approximate surface area is 119 Å². The lowest BCUT2D eigenvalue weighted by atomic mass is 9.98. The number of amides is 1. The number of para-hydroxylation sites is 1. The summed E-state index contributed by atoms with van der Waals surface area (Å²) in [7, 11) is 0. The van der Waals surface area contributed by atoms with Crippen LogP contribution in [0.1, 0.15) is 41.3 Å². The van der Waals surface area contributed by atoms with Crippen molar-refractivity contribution in [2.24, 2.45) is 0 Å². The first kappa shape index (κ1) is 14.1. The number of hydrogen-bond donors (Lipinski definition) is 2. The molecule has 0 atom stereocenters. The van der Waals surface area contributed by atoms with Gasteiger partial charge in [-0.3, -0.25) is 4.79 Å². The summed E-state index contributed by atoms with van der Waals surface area (Å²) in [5.41, 5.74) is 9.14. The Hall–Kier alpha value is -2.36. The van der Waals surface area contributed by atoms with Crippen LogP contribution in [0.2, 0.25) is 0 Å². The highest BCUT2D eigenvalue weighted by atomic mass is 16.1. The maximum atomic E-state index is 12.3. The number of rotatable bonds is 3. The van der Waals surface area contributed by atoms with Crippen molar-refractivity contribution in [1.82, 2.24) is 4.98 Å². The molecule has 2 rings (SSSR count). The molecule has 0 aliphatic heterocycles. The van der Waals surface area contributed by atoms with Gasteiger partial charge in [0.15, 0.2) is 0 Å². The van der Waals surface area contributed by atoms with Crippen molar-refractivity contribution in [3.05, 3.63) is 53.2 Å². The first-order chi connectivity index (χ1) is 9.50. The van der Waals surface area contributed by atoms with Gasteiger partial charge in [-0.25, -0.2) is 4.98 Å². The second-order valence-electron chi connectivity index (χ2n) is 5.08. The number of nitrogens with one attached hydrogen (secondary N) is 1. The van der Waals surface area contributed by atoms with E-state index >= 15 is 0 Å². The number of pyridine rings is 1. The van der Waals surface area contributed by atoms with Crippen LogP contribution < -0.4 is 11.1 Å². The second-order valence-corrected chi connectivity index (χ2v) is 5.08. The fourth-order valence-corrected chi connectivity index (χ4v) is 2.13. The maximum absolute atomic E-state index is 12.3. The van der Waals surface area contributed by atoms with Crippen LogP contribution in [0.5, 0.6) is 0 Å². The monoisotopic (exact) mass is 269 g/mol. The Morgan fingerprint density at radius 2 is 2.00 bits per heavy atom. The van der Waals surface area contributed by atoms with E-state index in [1.54, 1.807) is 18.3 Å². The van der Waals surface area contributed by atoms with Gasteiger partial charge >= 0.3 is 0 Å². The molecule has 3 N–H and O–H groups in total. The van der Waals surface area contributed by atoms with Gasteiger partial charge < -0.3 is 11.1 Å². The van der Waals surface area contributed by atoms with E-state index < -0.39 is 0 Å². The van der Waals surface area contributed by atoms with Crippen molar-refractivity contribution in [2.45, 2.75) is 26.7 Å². The predicted octanol–water partition coefficient (Wildman–Crippen LogP) is 3.35. The van der Waals surface area contributed by atoms with Gasteiger partial charge in [0.2, 0.25) is 0 Å². The van der Waals surface area contributed by atoms with Crippen molar-refractivity contribution >= 4 is 17.4 Å². The largest absolute Gasteiger partial charge is 0.383 e. The SMILES string of the molecule is Cc1cccc(C(C)C)c1NC(=O)c1cccnc1N. The number of nitrogen functional groups attached to an aromatic ring is 1. The smallest absolute Gasteiger partial charge is 0.259 e. The Kier molecular flexibility index (Phi) is 4.03. The Balaban J connectivity index is 2.36. The molecule has 0 radical (unpaired) electrons. The van der Waals surface area contributed by atoms with Gasteiger partial charge in [-0.15, -0.1) is 0 Å². The molecule has 0 bridgehead atoms. The average molecular weight is 269 g/mol. The molecule has 1 amide bonds. The molecule has 1 heterocycles. The standard InChI is InChI=1S/C16H19N3O/c1-10(2)12-7-4-6-11(3)14(12)19-16(20)13-8-5-9-18-15(13)17/h4-10H,1-3H3,(H2,17,18)(H,19,20). The lowest BCUT2D eigenvalue weighted by Gasteiger charge is -2.16. The fourth-order valence-electron chi connectivity index (χ4n) is 2.13. The molecule has 1 aromatic heterocycles. The van der Waals surface area contributed by atoms with E-state index in [9.17, 15) is 4.79 Å². The van der Waals surface area contributed by atoms with Gasteiger partial charge in [0.1, 0.15) is 5.82 Å². The summed E-state index contributed by atoms with van der Waals surface area (Å²) in [4.78, 5) is 16.3. The first-order valence-corrected chi connectivity index (χ1v) is 6.62. The number of aryl methyl sites for hydroxylation is 1. The molecule has 0 fully saturated rings. The summed E-state index contributed by atoms with van der Waals surface area (Å²) in [6, 6.07) is 9.38. The Morgan fingerprint density at radius 3 is 2.65 bits per heavy atom. The number of aromatic nitrogens is 1. The van der Waals surface area contributed by atoms with E-state index in [4.69, 9.17) is 5.73 Å². The summed E-state index contributed by atoms with van der Waals surface area (Å²) in [6.45, 7) is 6.18. The lowest BCUT2D eigenvalue weighted by molar-refractivity contribution is 0.102. The number of nitrogens with zero attached hydrogens (tertiary/aromatic N) is 1. The number of anilines is 2. The molecule has 20 heavy (non-hydrogen) atoms. The molecular formula is C16H19N3O. The van der Waals surface area contributed by atoms with Gasteiger partial charge in [-0.1, -0.05) is 32.0 Å². The van der Waals surface area contributed by atoms with Crippen LogP contribution in [0.3, 0.4) is 0 Å². The van der Waals surface area contributed by atoms with Crippen LogP contribution in [-0.2, 0) is 0 Å². The second kappa shape index (κ2) is 5.74. The maximum Gasteiger partial charge on any atom is 0.259 e. The summed E-state index contributed by atoms with van der Waals surface area (Å²) >= 11 is 0. The molecular weight excluding hydrogens is 250 g/mol. The van der Waals surface area contributed by atoms with Gasteiger partial charge in [0, 0.05) is 11.9 Å². The van der Waals surface area contributed by atoms with Crippen LogP contribution >= 0.6 is 0 Å². The number of hydrogen-bond acceptors (Lipinski definition) is 3. The van der Waals surface area contributed by atoms with Crippen molar-refractivity contribution < 1.29 is 4.79 Å². The zero-order chi connectivity index (χ0) is 14.7. The normalized spacial score (nSPS) is 10.6. The molecule has 104 valence electrons. The lowest BCUT2D eigenvalue weighted by Crippen LogP contribution is -2.17. The summed E-state index contributed by atoms with van der Waals surface area (Å²) in [6.07, 6.45) is 1.57. The number of carbonyl (C=O) groups excluding carboxylic acids is 1. The van der Waals surface area contributed by atoms with Crippen LogP contribution in [0.15, 0.2) is 36.5 Å². The highest BCUT2D eigenvalue weighted by Gasteiger charge is 2.15. The molecule has 0 saturated heterocycles. The topological polar surface area (TPSA) is 68.0 Å². The van der Waals surface area contributed by atoms with E-state index in [2.05, 4.69) is 24.1 Å². The molecule has 1 aromatic carbocycles. The van der Waals surface area contributed by atoms with E-state index in [0.29, 0.717) is 11.5 Å². The van der Waals surface area contributed by atoms with E-state index in [-0.39, 0.29) is 11.7 Å². The van der Waals surface area contributed by atoms with Crippen LogP contribution in [-0.4, -0.2) is 10.9 Å². The quantitative estimate of drug-likeness (QED) is 0.897. The van der Waals surface area contributed by atoms with Crippen LogP contribution in [0.25, 0.3) is 0 Å². The molecule has 0 aliphatic carbocycles. The van der Waals surface area contributed by atoms with Gasteiger partial charge in [0.05, 0.1) is 5.56 Å². The minimum atomic E-state index is -0.230. The van der Waals surface area contributed by atoms with Crippen LogP contribution in [0, 0.1) is 6.92 Å². The zero-order valence-corrected chi connectivity index (χ0v) is 12.0. The third kappa shape index (κ3) is 2.79. The van der Waals surface area contributed by atoms with E-state index in [1.807, 2.05) is 25.1 Å². The van der Waals surface area contributed by atoms with Crippen molar-refractivity contribution in [3.63, 3.8) is 0 Å². The van der Waals surface area contributed by atoms with Crippen molar-refractivity contribution in [1.29, 1.82) is 0 Å². The Bertz CT molecular complexity index is 635. The third-order valence-electron chi connectivity index (χ3n) is 3.25. The minimum Gasteiger partial charge on any atom is -0.383 e. The molecule has 0 unspecified atom stereocenters. The summed E-state index contributed by atoms with van der Waals surface area (Å²) in [5, 5.41) is 2.96. The number of nitrogens with two attached hydrogens (primary N) is 1. The fraction of sp³-hybridized carbons (Fsp3) is 0.250. The van der Waals surface area contributed by atoms with E-state index in [0.717, 1.165) is 16.8 Å². The minimum absolute atomic E-state index is 0.230. The summed E-state index contributed by atoms with van der Waals surface area (Å²) in [5.74, 6) is 0.341. The molecule has 2 aromatic rings. The Morgan fingerprint density at radius 1 is 1.25 bits per heavy atom. The molecule has 0 saturated carbocycles. The highest BCUT2D eigenvalue weighted by molar-refractivity contribution is 6.07. The van der Waals surface area contributed by atoms with Gasteiger partial charge in [-0.05, 0) is 36.1 Å². The van der Waals surface area contributed by atoms with Crippen LogP contribution in [0.4, 0.5) is 11.5 Å². The number of carbonyl (C=O) groups is 1. The average Bonchev–Trinajstić information content (AvgIpc) is 2.41. The number of benzene rings is 1. The van der Waals surface area contributed by atoms with Crippen molar-refractivity contribution in [2.75, 3.05) is 11.1 Å². The molecule has 0 aliphatic rings. The zero-order valence-electron chi connectivity index (χ0n) is 12.0. The molecule has 0 spiro atoms. The van der Waals surface area contributed by atoms with E-state index in [1.165, 1.54) is 0 Å². The third-order valence-corrected chi connectivity index (χ3v) is 3.25. The molecule has 4 heteroatoms.